The van der Waals surface area contributed by atoms with E-state index in [-0.39, 0.29) is 5.91 Å². The molecule has 7 heteroatoms. The van der Waals surface area contributed by atoms with Crippen LogP contribution >= 0.6 is 11.6 Å². The van der Waals surface area contributed by atoms with Crippen LogP contribution in [0.2, 0.25) is 5.02 Å². The van der Waals surface area contributed by atoms with Gasteiger partial charge < -0.3 is 14.5 Å². The van der Waals surface area contributed by atoms with Gasteiger partial charge in [-0.15, -0.1) is 0 Å². The lowest BCUT2D eigenvalue weighted by molar-refractivity contribution is 0.102. The smallest absolute Gasteiger partial charge is 0.255 e. The Balaban J connectivity index is 1.34. The molecule has 162 valence electrons. The largest absolute Gasteiger partial charge is 0.489 e. The van der Waals surface area contributed by atoms with Crippen molar-refractivity contribution in [3.63, 3.8) is 0 Å². The van der Waals surface area contributed by atoms with Crippen LogP contribution in [0.3, 0.4) is 0 Å². The van der Waals surface area contributed by atoms with Crippen LogP contribution < -0.4 is 10.1 Å². The zero-order valence-electron chi connectivity index (χ0n) is 17.4. The van der Waals surface area contributed by atoms with Crippen LogP contribution in [0.1, 0.15) is 15.9 Å². The monoisotopic (exact) mass is 455 g/mol. The number of nitrogens with one attached hydrogen (secondary N) is 1. The molecular weight excluding hydrogens is 438 g/mol. The molecule has 0 bridgehead atoms. The third-order valence-electron chi connectivity index (χ3n) is 4.97. The summed E-state index contributed by atoms with van der Waals surface area (Å²) in [5, 5.41) is 3.26. The van der Waals surface area contributed by atoms with Crippen molar-refractivity contribution in [3.05, 3.63) is 107 Å². The average molecular weight is 456 g/mol. The van der Waals surface area contributed by atoms with Crippen molar-refractivity contribution in [1.82, 2.24) is 9.97 Å². The number of pyridine rings is 1. The molecule has 3 aromatic carbocycles. The molecule has 2 heterocycles. The molecule has 0 aliphatic rings. The second kappa shape index (κ2) is 9.14. The maximum Gasteiger partial charge on any atom is 0.255 e. The summed E-state index contributed by atoms with van der Waals surface area (Å²) in [6.45, 7) is 0.416. The van der Waals surface area contributed by atoms with E-state index in [1.54, 1.807) is 54.7 Å². The predicted molar refractivity (Wildman–Crippen MR) is 127 cm³/mol. The number of carbonyl (C=O) groups is 1. The molecule has 1 N–H and O–H groups in total. The van der Waals surface area contributed by atoms with Gasteiger partial charge in [0.2, 0.25) is 5.89 Å². The Labute approximate surface area is 194 Å². The lowest BCUT2D eigenvalue weighted by Crippen LogP contribution is -2.12. The summed E-state index contributed by atoms with van der Waals surface area (Å²) < 4.78 is 11.6. The summed E-state index contributed by atoms with van der Waals surface area (Å²) in [5.74, 6) is 0.691. The van der Waals surface area contributed by atoms with Crippen LogP contribution in [0.4, 0.5) is 5.69 Å². The lowest BCUT2D eigenvalue weighted by Gasteiger charge is -2.10. The van der Waals surface area contributed by atoms with Gasteiger partial charge in [0.1, 0.15) is 12.4 Å². The van der Waals surface area contributed by atoms with Crippen molar-refractivity contribution in [2.24, 2.45) is 0 Å². The first-order valence-electron chi connectivity index (χ1n) is 10.3. The number of carbonyl (C=O) groups excluding carboxylic acids is 1. The number of benzene rings is 3. The first-order chi connectivity index (χ1) is 16.2. The van der Waals surface area contributed by atoms with Gasteiger partial charge in [-0.1, -0.05) is 48.0 Å². The maximum atomic E-state index is 12.9. The topological polar surface area (TPSA) is 77.3 Å². The van der Waals surface area contributed by atoms with Gasteiger partial charge in [-0.3, -0.25) is 4.79 Å². The molecule has 0 spiro atoms. The third-order valence-corrected chi connectivity index (χ3v) is 5.30. The Hall–Kier alpha value is -4.16. The normalized spacial score (nSPS) is 10.8. The van der Waals surface area contributed by atoms with E-state index in [1.807, 2.05) is 36.4 Å². The van der Waals surface area contributed by atoms with Crippen LogP contribution in [0, 0.1) is 0 Å². The minimum absolute atomic E-state index is 0.307. The van der Waals surface area contributed by atoms with E-state index in [9.17, 15) is 4.79 Å². The Morgan fingerprint density at radius 1 is 0.970 bits per heavy atom. The highest BCUT2D eigenvalue weighted by molar-refractivity contribution is 6.34. The van der Waals surface area contributed by atoms with Gasteiger partial charge in [0, 0.05) is 17.3 Å². The highest BCUT2D eigenvalue weighted by atomic mass is 35.5. The summed E-state index contributed by atoms with van der Waals surface area (Å²) >= 11 is 6.34. The number of aromatic nitrogens is 2. The number of rotatable bonds is 6. The maximum absolute atomic E-state index is 12.9. The molecule has 5 aromatic rings. The fourth-order valence-corrected chi connectivity index (χ4v) is 3.47. The third kappa shape index (κ3) is 4.71. The van der Waals surface area contributed by atoms with Crippen molar-refractivity contribution in [2.45, 2.75) is 6.61 Å². The number of hydrogen-bond donors (Lipinski definition) is 1. The minimum atomic E-state index is -0.307. The SMILES string of the molecule is O=C(Nc1cc(-c2nc3ncccc3o2)ccc1Cl)c1cccc(OCc2ccccc2)c1. The molecule has 6 nitrogen and oxygen atoms in total. The van der Waals surface area contributed by atoms with E-state index in [0.717, 1.165) is 5.56 Å². The molecule has 0 fully saturated rings. The number of nitrogens with zero attached hydrogens (tertiary/aromatic N) is 2. The Morgan fingerprint density at radius 2 is 1.85 bits per heavy atom. The molecule has 2 aromatic heterocycles. The zero-order valence-corrected chi connectivity index (χ0v) is 18.1. The lowest BCUT2D eigenvalue weighted by atomic mass is 10.1. The van der Waals surface area contributed by atoms with Gasteiger partial charge in [-0.2, -0.15) is 4.98 Å². The number of amides is 1. The van der Waals surface area contributed by atoms with Crippen LogP contribution in [0.5, 0.6) is 5.75 Å². The summed E-state index contributed by atoms with van der Waals surface area (Å²) in [5.41, 5.74) is 3.72. The van der Waals surface area contributed by atoms with Gasteiger partial charge in [0.25, 0.3) is 5.91 Å². The molecule has 0 atom stereocenters. The Kier molecular flexibility index (Phi) is 5.74. The highest BCUT2D eigenvalue weighted by Crippen LogP contribution is 2.30. The van der Waals surface area contributed by atoms with Gasteiger partial charge in [-0.05, 0) is 54.1 Å². The molecule has 1 amide bonds. The summed E-state index contributed by atoms with van der Waals surface area (Å²) in [6.07, 6.45) is 1.65. The van der Waals surface area contributed by atoms with E-state index in [0.29, 0.717) is 51.3 Å². The zero-order chi connectivity index (χ0) is 22.6. The molecule has 0 aliphatic heterocycles. The number of ether oxygens (including phenoxy) is 1. The standard InChI is InChI=1S/C26H18ClN3O3/c27-21-12-11-19(26-30-24-23(33-26)10-5-13-28-24)15-22(21)29-25(31)18-8-4-9-20(14-18)32-16-17-6-2-1-3-7-17/h1-15H,16H2,(H,29,31). The molecule has 0 saturated carbocycles. The number of oxazole rings is 1. The molecule has 5 rings (SSSR count). The second-order valence-electron chi connectivity index (χ2n) is 7.30. The number of anilines is 1. The fourth-order valence-electron chi connectivity index (χ4n) is 3.31. The second-order valence-corrected chi connectivity index (χ2v) is 7.70. The summed E-state index contributed by atoms with van der Waals surface area (Å²) in [7, 11) is 0. The van der Waals surface area contributed by atoms with Crippen molar-refractivity contribution < 1.29 is 13.9 Å². The van der Waals surface area contributed by atoms with Crippen molar-refractivity contribution >= 4 is 34.4 Å². The summed E-state index contributed by atoms with van der Waals surface area (Å²) in [6, 6.07) is 25.6. The van der Waals surface area contributed by atoms with Gasteiger partial charge in [0.15, 0.2) is 11.2 Å². The van der Waals surface area contributed by atoms with Gasteiger partial charge in [0.05, 0.1) is 10.7 Å². The Morgan fingerprint density at radius 3 is 2.70 bits per heavy atom. The first kappa shape index (κ1) is 20.7. The number of halogens is 1. The average Bonchev–Trinajstić information content (AvgIpc) is 3.29. The fraction of sp³-hybridized carbons (Fsp3) is 0.0385. The van der Waals surface area contributed by atoms with Crippen molar-refractivity contribution in [1.29, 1.82) is 0 Å². The Bertz CT molecular complexity index is 1400. The van der Waals surface area contributed by atoms with E-state index in [4.69, 9.17) is 20.8 Å². The van der Waals surface area contributed by atoms with Crippen LogP contribution in [0.15, 0.2) is 95.5 Å². The molecular formula is C26H18ClN3O3. The van der Waals surface area contributed by atoms with E-state index < -0.39 is 0 Å². The van der Waals surface area contributed by atoms with Crippen LogP contribution in [0.25, 0.3) is 22.7 Å². The summed E-state index contributed by atoms with van der Waals surface area (Å²) in [4.78, 5) is 21.5. The number of hydrogen-bond acceptors (Lipinski definition) is 5. The molecule has 0 aliphatic carbocycles. The number of fused-ring (bicyclic) bond motifs is 1. The van der Waals surface area contributed by atoms with E-state index >= 15 is 0 Å². The van der Waals surface area contributed by atoms with Gasteiger partial charge in [-0.25, -0.2) is 4.98 Å². The predicted octanol–water partition coefficient (Wildman–Crippen LogP) is 6.37. The minimum Gasteiger partial charge on any atom is -0.489 e. The first-order valence-corrected chi connectivity index (χ1v) is 10.6. The van der Waals surface area contributed by atoms with Crippen LogP contribution in [-0.2, 0) is 6.61 Å². The highest BCUT2D eigenvalue weighted by Gasteiger charge is 2.14. The molecule has 0 unspecified atom stereocenters. The quantitative estimate of drug-likeness (QED) is 0.321. The molecule has 0 radical (unpaired) electrons. The molecule has 33 heavy (non-hydrogen) atoms. The van der Waals surface area contributed by atoms with E-state index in [2.05, 4.69) is 15.3 Å². The van der Waals surface area contributed by atoms with Crippen LogP contribution in [-0.4, -0.2) is 15.9 Å². The van der Waals surface area contributed by atoms with Gasteiger partial charge >= 0.3 is 0 Å². The van der Waals surface area contributed by atoms with Crippen molar-refractivity contribution in [3.8, 4) is 17.2 Å². The van der Waals surface area contributed by atoms with Crippen molar-refractivity contribution in [2.75, 3.05) is 5.32 Å². The van der Waals surface area contributed by atoms with E-state index in [1.165, 1.54) is 0 Å². The molecule has 0 saturated heterocycles.